The first-order valence-electron chi connectivity index (χ1n) is 16.6. The van der Waals surface area contributed by atoms with E-state index in [0.29, 0.717) is 63.6 Å². The molecule has 1 aliphatic rings. The Hall–Kier alpha value is -4.32. The topological polar surface area (TPSA) is 148 Å². The number of benzene rings is 2. The van der Waals surface area contributed by atoms with Gasteiger partial charge in [0.05, 0.1) is 56.4 Å². The van der Waals surface area contributed by atoms with Crippen LogP contribution in [0.15, 0.2) is 48.5 Å². The molecule has 0 saturated heterocycles. The lowest BCUT2D eigenvalue weighted by atomic mass is 9.85. The molecule has 11 heteroatoms. The molecule has 48 heavy (non-hydrogen) atoms. The second kappa shape index (κ2) is 18.3. The number of hydrogen-bond donors (Lipinski definition) is 4. The number of phenols is 1. The summed E-state index contributed by atoms with van der Waals surface area (Å²) in [4.78, 5) is 42.8. The Kier molecular flexibility index (Phi) is 13.9. The van der Waals surface area contributed by atoms with Crippen molar-refractivity contribution in [3.63, 3.8) is 0 Å². The van der Waals surface area contributed by atoms with Crippen molar-refractivity contribution in [3.05, 3.63) is 70.9 Å². The fourth-order valence-electron chi connectivity index (χ4n) is 5.31. The zero-order valence-electron chi connectivity index (χ0n) is 28.2. The van der Waals surface area contributed by atoms with Gasteiger partial charge in [-0.3, -0.25) is 14.4 Å². The molecule has 1 aromatic heterocycles. The number of nitrogens with one attached hydrogen (secondary N) is 3. The first-order valence-corrected chi connectivity index (χ1v) is 16.6. The van der Waals surface area contributed by atoms with Crippen molar-refractivity contribution in [1.82, 2.24) is 20.9 Å². The van der Waals surface area contributed by atoms with Gasteiger partial charge >= 0.3 is 0 Å². The van der Waals surface area contributed by atoms with Crippen LogP contribution in [0.5, 0.6) is 5.75 Å². The van der Waals surface area contributed by atoms with Gasteiger partial charge in [0, 0.05) is 18.5 Å². The van der Waals surface area contributed by atoms with E-state index in [-0.39, 0.29) is 42.0 Å². The lowest BCUT2D eigenvalue weighted by molar-refractivity contribution is -0.126. The molecule has 0 fully saturated rings. The third-order valence-electron chi connectivity index (χ3n) is 7.78. The fraction of sp³-hybridized carbons (Fsp3) is 0.459. The average Bonchev–Trinajstić information content (AvgIpc) is 3.05. The summed E-state index contributed by atoms with van der Waals surface area (Å²) in [7, 11) is 0. The normalized spacial score (nSPS) is 13.7. The minimum Gasteiger partial charge on any atom is -0.508 e. The smallest absolute Gasteiger partial charge is 0.252 e. The summed E-state index contributed by atoms with van der Waals surface area (Å²) < 4.78 is 16.3. The van der Waals surface area contributed by atoms with Crippen LogP contribution in [0.4, 0.5) is 0 Å². The monoisotopic (exact) mass is 660 g/mol. The predicted molar refractivity (Wildman–Crippen MR) is 186 cm³/mol. The first kappa shape index (κ1) is 36.5. The van der Waals surface area contributed by atoms with Crippen LogP contribution < -0.4 is 16.0 Å². The van der Waals surface area contributed by atoms with E-state index in [1.165, 1.54) is 0 Å². The number of aromatic nitrogens is 1. The van der Waals surface area contributed by atoms with Crippen LogP contribution in [0.25, 0.3) is 22.6 Å². The number of nitrogens with zero attached hydrogens (tertiary/aromatic N) is 1. The molecule has 0 atom stereocenters. The highest BCUT2D eigenvalue weighted by atomic mass is 16.5. The Balaban J connectivity index is 1.16. The van der Waals surface area contributed by atoms with Crippen molar-refractivity contribution >= 4 is 40.3 Å². The molecule has 3 aromatic rings. The number of fused-ring (bicyclic) bond motifs is 2. The van der Waals surface area contributed by atoms with Gasteiger partial charge in [0.25, 0.3) is 5.91 Å². The molecular weight excluding hydrogens is 612 g/mol. The average molecular weight is 661 g/mol. The second-order valence-electron chi connectivity index (χ2n) is 12.9. The van der Waals surface area contributed by atoms with Crippen molar-refractivity contribution in [2.24, 2.45) is 5.41 Å². The number of ether oxygens (including phenoxy) is 3. The van der Waals surface area contributed by atoms with Crippen LogP contribution in [0.2, 0.25) is 0 Å². The van der Waals surface area contributed by atoms with Gasteiger partial charge in [-0.05, 0) is 72.1 Å². The lowest BCUT2D eigenvalue weighted by Gasteiger charge is -2.23. The van der Waals surface area contributed by atoms with Gasteiger partial charge in [-0.15, -0.1) is 0 Å². The van der Waals surface area contributed by atoms with Gasteiger partial charge in [0.2, 0.25) is 11.8 Å². The van der Waals surface area contributed by atoms with Crippen molar-refractivity contribution < 1.29 is 33.7 Å². The summed E-state index contributed by atoms with van der Waals surface area (Å²) in [6.07, 6.45) is 5.35. The van der Waals surface area contributed by atoms with Crippen LogP contribution in [-0.2, 0) is 30.2 Å². The molecule has 2 aromatic carbocycles. The van der Waals surface area contributed by atoms with E-state index >= 15 is 0 Å². The van der Waals surface area contributed by atoms with Crippen molar-refractivity contribution in [1.29, 1.82) is 0 Å². The number of carbonyl (C=O) groups excluding carboxylic acids is 3. The Bertz CT molecular complexity index is 1560. The zero-order valence-corrected chi connectivity index (χ0v) is 28.2. The van der Waals surface area contributed by atoms with Gasteiger partial charge in [-0.25, -0.2) is 4.98 Å². The summed E-state index contributed by atoms with van der Waals surface area (Å²) in [5.41, 5.74) is 5.09. The van der Waals surface area contributed by atoms with Crippen LogP contribution >= 0.6 is 0 Å². The van der Waals surface area contributed by atoms with Gasteiger partial charge in [0.1, 0.15) is 12.4 Å². The number of aromatic hydroxyl groups is 1. The Morgan fingerprint density at radius 2 is 1.52 bits per heavy atom. The van der Waals surface area contributed by atoms with Crippen molar-refractivity contribution in [2.75, 3.05) is 59.3 Å². The highest BCUT2D eigenvalue weighted by Gasteiger charge is 2.25. The summed E-state index contributed by atoms with van der Waals surface area (Å²) >= 11 is 0. The van der Waals surface area contributed by atoms with Crippen molar-refractivity contribution in [2.45, 2.75) is 46.5 Å². The minimum atomic E-state index is -0.317. The quantitative estimate of drug-likeness (QED) is 0.157. The lowest BCUT2D eigenvalue weighted by Crippen LogP contribution is -2.38. The predicted octanol–water partition coefficient (Wildman–Crippen LogP) is 4.27. The zero-order chi connectivity index (χ0) is 34.4. The number of amides is 3. The SMILES string of the molecule is CC(C)(C)CCNC(=O)COCCOCCOCCNC(=O)CNC(=O)c1c2c(nc3ccccc13)C(=Cc1ccc(O)cc1)CCC2. The van der Waals surface area contributed by atoms with E-state index in [2.05, 4.69) is 42.8 Å². The van der Waals surface area contributed by atoms with E-state index in [4.69, 9.17) is 19.2 Å². The largest absolute Gasteiger partial charge is 0.508 e. The summed E-state index contributed by atoms with van der Waals surface area (Å²) in [6.45, 7) is 8.81. The van der Waals surface area contributed by atoms with E-state index in [0.717, 1.165) is 47.0 Å². The van der Waals surface area contributed by atoms with Gasteiger partial charge < -0.3 is 35.3 Å². The Labute approximate surface area is 282 Å². The third-order valence-corrected chi connectivity index (χ3v) is 7.78. The van der Waals surface area contributed by atoms with Crippen LogP contribution in [0.3, 0.4) is 0 Å². The maximum absolute atomic E-state index is 13.6. The number of phenolic OH excluding ortho intramolecular Hbond substituents is 1. The number of hydrogen-bond acceptors (Lipinski definition) is 8. The number of pyridine rings is 1. The molecule has 0 spiro atoms. The molecule has 4 N–H and O–H groups in total. The summed E-state index contributed by atoms with van der Waals surface area (Å²) in [5.74, 6) is -0.564. The molecule has 3 amide bonds. The van der Waals surface area contributed by atoms with Crippen LogP contribution in [0, 0.1) is 5.41 Å². The van der Waals surface area contributed by atoms with E-state index in [1.54, 1.807) is 12.1 Å². The van der Waals surface area contributed by atoms with E-state index in [9.17, 15) is 19.5 Å². The number of allylic oxidation sites excluding steroid dienone is 1. The molecule has 0 aliphatic heterocycles. The second-order valence-corrected chi connectivity index (χ2v) is 12.9. The van der Waals surface area contributed by atoms with Crippen LogP contribution in [-0.4, -0.2) is 87.1 Å². The molecule has 0 saturated carbocycles. The summed E-state index contributed by atoms with van der Waals surface area (Å²) in [5, 5.41) is 18.8. The van der Waals surface area contributed by atoms with E-state index < -0.39 is 0 Å². The molecule has 1 heterocycles. The highest BCUT2D eigenvalue weighted by Crippen LogP contribution is 2.36. The maximum atomic E-state index is 13.6. The number of rotatable bonds is 17. The molecular formula is C37H48N4O7. The Morgan fingerprint density at radius 1 is 0.833 bits per heavy atom. The molecule has 1 aliphatic carbocycles. The van der Waals surface area contributed by atoms with Crippen LogP contribution in [0.1, 0.15) is 67.2 Å². The number of carbonyl (C=O) groups is 3. The van der Waals surface area contributed by atoms with Crippen molar-refractivity contribution in [3.8, 4) is 5.75 Å². The highest BCUT2D eigenvalue weighted by molar-refractivity contribution is 6.09. The van der Waals surface area contributed by atoms with Gasteiger partial charge in [0.15, 0.2) is 0 Å². The molecule has 4 rings (SSSR count). The fourth-order valence-corrected chi connectivity index (χ4v) is 5.31. The van der Waals surface area contributed by atoms with Gasteiger partial charge in [-0.1, -0.05) is 51.1 Å². The van der Waals surface area contributed by atoms with E-state index in [1.807, 2.05) is 36.4 Å². The molecule has 0 bridgehead atoms. The van der Waals surface area contributed by atoms with Gasteiger partial charge in [-0.2, -0.15) is 0 Å². The minimum absolute atomic E-state index is 0.00581. The molecule has 11 nitrogen and oxygen atoms in total. The third kappa shape index (κ3) is 11.7. The molecule has 0 unspecified atom stereocenters. The molecule has 258 valence electrons. The Morgan fingerprint density at radius 3 is 2.27 bits per heavy atom. The summed E-state index contributed by atoms with van der Waals surface area (Å²) in [6, 6.07) is 14.5. The number of para-hydroxylation sites is 1. The first-order chi connectivity index (χ1) is 23.1. The molecule has 0 radical (unpaired) electrons. The standard InChI is InChI=1S/C37H48N4O7/c1-37(2,3)15-16-38-33(44)25-48-22-21-47-20-19-46-18-17-39-32(43)24-40-36(45)34-29-8-4-5-10-31(29)41-35-27(7-6-9-30(34)35)23-26-11-13-28(42)14-12-26/h4-5,8,10-14,23,42H,6-7,9,15-22,24-25H2,1-3H3,(H,38,44)(H,39,43)(H,40,45). The maximum Gasteiger partial charge on any atom is 0.252 e.